The van der Waals surface area contributed by atoms with E-state index >= 15 is 0 Å². The number of aromatic nitrogens is 2. The molecular weight excluding hydrogens is 410 g/mol. The quantitative estimate of drug-likeness (QED) is 0.534. The molecule has 2 atom stereocenters. The summed E-state index contributed by atoms with van der Waals surface area (Å²) in [7, 11) is 0. The molecule has 4 heterocycles. The summed E-state index contributed by atoms with van der Waals surface area (Å²) >= 11 is 0. The smallest absolute Gasteiger partial charge is 0.413 e. The molecule has 1 aromatic carbocycles. The van der Waals surface area contributed by atoms with Gasteiger partial charge in [-0.05, 0) is 41.6 Å². The van der Waals surface area contributed by atoms with Crippen LogP contribution in [-0.2, 0) is 4.74 Å². The van der Waals surface area contributed by atoms with E-state index in [1.54, 1.807) is 18.5 Å². The first kappa shape index (κ1) is 20.3. The fourth-order valence-corrected chi connectivity index (χ4v) is 4.46. The van der Waals surface area contributed by atoms with Gasteiger partial charge in [-0.1, -0.05) is 6.92 Å². The highest BCUT2D eigenvalue weighted by Crippen LogP contribution is 2.38. The maximum atomic E-state index is 12.1. The maximum absolute atomic E-state index is 12.1. The number of benzene rings is 1. The van der Waals surface area contributed by atoms with Crippen LogP contribution in [0.5, 0.6) is 5.88 Å². The summed E-state index contributed by atoms with van der Waals surface area (Å²) < 4.78 is 11.1. The van der Waals surface area contributed by atoms with Gasteiger partial charge >= 0.3 is 6.09 Å². The predicted octanol–water partition coefficient (Wildman–Crippen LogP) is 3.51. The van der Waals surface area contributed by atoms with Crippen molar-refractivity contribution in [3.8, 4) is 17.0 Å². The number of anilines is 3. The average molecular weight is 435 g/mol. The molecule has 0 aliphatic carbocycles. The Bertz CT molecular complexity index is 1210. The van der Waals surface area contributed by atoms with Crippen molar-refractivity contribution >= 4 is 34.1 Å². The molecule has 1 amide bonds. The van der Waals surface area contributed by atoms with Crippen LogP contribution in [-0.4, -0.2) is 53.6 Å². The van der Waals surface area contributed by atoms with E-state index in [1.807, 2.05) is 26.0 Å². The summed E-state index contributed by atoms with van der Waals surface area (Å²) in [6, 6.07) is 5.38. The van der Waals surface area contributed by atoms with Gasteiger partial charge in [0.05, 0.1) is 19.3 Å². The molecule has 9 heteroatoms. The summed E-state index contributed by atoms with van der Waals surface area (Å²) in [4.78, 5) is 22.3. The fraction of sp³-hybridized carbons (Fsp3) is 0.348. The summed E-state index contributed by atoms with van der Waals surface area (Å²) in [6.07, 6.45) is 2.36. The molecule has 0 radical (unpaired) electrons. The van der Waals surface area contributed by atoms with Gasteiger partial charge in [0, 0.05) is 41.5 Å². The second-order valence-corrected chi connectivity index (χ2v) is 8.32. The number of nitrogens with one attached hydrogen (secondary N) is 1. The first-order chi connectivity index (χ1) is 15.4. The molecule has 32 heavy (non-hydrogen) atoms. The number of nitrogens with two attached hydrogens (primary N) is 1. The highest BCUT2D eigenvalue weighted by Gasteiger charge is 2.35. The van der Waals surface area contributed by atoms with Gasteiger partial charge in [0.2, 0.25) is 5.88 Å². The number of ether oxygens (including phenoxy) is 2. The van der Waals surface area contributed by atoms with Crippen LogP contribution in [0.25, 0.3) is 21.9 Å². The minimum absolute atomic E-state index is 0.0824. The van der Waals surface area contributed by atoms with Gasteiger partial charge in [-0.2, -0.15) is 0 Å². The molecule has 2 aliphatic rings. The Morgan fingerprint density at radius 1 is 1.25 bits per heavy atom. The summed E-state index contributed by atoms with van der Waals surface area (Å²) in [5, 5.41) is 14.8. The number of fused-ring (bicyclic) bond motifs is 2. The van der Waals surface area contributed by atoms with Gasteiger partial charge in [0.25, 0.3) is 0 Å². The molecule has 166 valence electrons. The molecule has 5 rings (SSSR count). The van der Waals surface area contributed by atoms with Crippen molar-refractivity contribution in [2.75, 3.05) is 42.3 Å². The number of hydrogen-bond acceptors (Lipinski definition) is 7. The number of rotatable bonds is 3. The lowest BCUT2D eigenvalue weighted by atomic mass is 9.97. The normalized spacial score (nSPS) is 19.8. The van der Waals surface area contributed by atoms with Gasteiger partial charge in [0.15, 0.2) is 0 Å². The zero-order valence-corrected chi connectivity index (χ0v) is 18.0. The lowest BCUT2D eigenvalue weighted by Crippen LogP contribution is -2.43. The molecule has 0 unspecified atom stereocenters. The third-order valence-corrected chi connectivity index (χ3v) is 6.22. The van der Waals surface area contributed by atoms with E-state index in [4.69, 9.17) is 15.2 Å². The monoisotopic (exact) mass is 435 g/mol. The molecular formula is C23H25N5O4. The zero-order valence-electron chi connectivity index (χ0n) is 18.0. The van der Waals surface area contributed by atoms with Crippen molar-refractivity contribution in [2.24, 2.45) is 5.92 Å². The van der Waals surface area contributed by atoms with E-state index in [-0.39, 0.29) is 12.0 Å². The molecule has 0 spiro atoms. The van der Waals surface area contributed by atoms with Crippen LogP contribution in [0.1, 0.15) is 12.5 Å². The van der Waals surface area contributed by atoms with E-state index in [9.17, 15) is 9.90 Å². The van der Waals surface area contributed by atoms with Gasteiger partial charge in [-0.3, -0.25) is 4.90 Å². The molecule has 0 bridgehead atoms. The van der Waals surface area contributed by atoms with Gasteiger partial charge < -0.3 is 25.6 Å². The SMILES string of the molecule is Cc1c(-c2cc(N)c3cnc(N(C(=O)O)[C@H]4COC[C@@H]4C)cc3c2)cnc2c1NCCO2. The summed E-state index contributed by atoms with van der Waals surface area (Å²) in [6.45, 7) is 6.19. The Hall–Kier alpha value is -3.59. The van der Waals surface area contributed by atoms with Crippen molar-refractivity contribution in [1.29, 1.82) is 0 Å². The van der Waals surface area contributed by atoms with Crippen molar-refractivity contribution in [3.05, 3.63) is 36.2 Å². The first-order valence-electron chi connectivity index (χ1n) is 10.6. The second kappa shape index (κ2) is 7.83. The Morgan fingerprint density at radius 3 is 2.84 bits per heavy atom. The standard InChI is InChI=1S/C23H25N5O4/c1-12-10-31-11-19(12)28(23(29)30)20-7-15-5-14(6-18(24)17(15)9-26-20)16-8-27-22-21(13(16)2)25-3-4-32-22/h5-9,12,19,25H,3-4,10-11,24H2,1-2H3,(H,29,30)/t12-,19-/m0/s1. The van der Waals surface area contributed by atoms with Crippen LogP contribution in [0, 0.1) is 12.8 Å². The Kier molecular flexibility index (Phi) is 4.97. The summed E-state index contributed by atoms with van der Waals surface area (Å²) in [5.41, 5.74) is 10.7. The Balaban J connectivity index is 1.61. The molecule has 2 aromatic heterocycles. The number of carbonyl (C=O) groups is 1. The number of nitrogen functional groups attached to an aromatic ring is 1. The van der Waals surface area contributed by atoms with Gasteiger partial charge in [-0.15, -0.1) is 0 Å². The summed E-state index contributed by atoms with van der Waals surface area (Å²) in [5.74, 6) is 1.04. The van der Waals surface area contributed by atoms with Crippen LogP contribution >= 0.6 is 0 Å². The lowest BCUT2D eigenvalue weighted by molar-refractivity contribution is 0.181. The molecule has 9 nitrogen and oxygen atoms in total. The van der Waals surface area contributed by atoms with Crippen LogP contribution in [0.15, 0.2) is 30.6 Å². The average Bonchev–Trinajstić information content (AvgIpc) is 3.19. The molecule has 2 aliphatic heterocycles. The van der Waals surface area contributed by atoms with E-state index < -0.39 is 6.09 Å². The first-order valence-corrected chi connectivity index (χ1v) is 10.6. The van der Waals surface area contributed by atoms with Crippen molar-refractivity contribution < 1.29 is 19.4 Å². The lowest BCUT2D eigenvalue weighted by Gasteiger charge is -2.27. The fourth-order valence-electron chi connectivity index (χ4n) is 4.46. The third-order valence-electron chi connectivity index (χ3n) is 6.22. The van der Waals surface area contributed by atoms with Crippen LogP contribution in [0.2, 0.25) is 0 Å². The van der Waals surface area contributed by atoms with Gasteiger partial charge in [0.1, 0.15) is 18.1 Å². The van der Waals surface area contributed by atoms with E-state index in [2.05, 4.69) is 15.3 Å². The number of amides is 1. The second-order valence-electron chi connectivity index (χ2n) is 8.32. The van der Waals surface area contributed by atoms with Gasteiger partial charge in [-0.25, -0.2) is 14.8 Å². The van der Waals surface area contributed by atoms with Crippen molar-refractivity contribution in [3.63, 3.8) is 0 Å². The molecule has 0 saturated carbocycles. The number of nitrogens with zero attached hydrogens (tertiary/aromatic N) is 3. The zero-order chi connectivity index (χ0) is 22.4. The van der Waals surface area contributed by atoms with Crippen LogP contribution in [0.3, 0.4) is 0 Å². The molecule has 3 aromatic rings. The topological polar surface area (TPSA) is 123 Å². The third kappa shape index (κ3) is 3.34. The molecule has 1 fully saturated rings. The van der Waals surface area contributed by atoms with E-state index in [0.717, 1.165) is 39.7 Å². The molecule has 4 N–H and O–H groups in total. The van der Waals surface area contributed by atoms with E-state index in [1.165, 1.54) is 4.90 Å². The number of hydrogen-bond donors (Lipinski definition) is 3. The highest BCUT2D eigenvalue weighted by atomic mass is 16.5. The number of pyridine rings is 2. The molecule has 1 saturated heterocycles. The number of carboxylic acid groups (broad SMARTS) is 1. The van der Waals surface area contributed by atoms with Crippen molar-refractivity contribution in [1.82, 2.24) is 9.97 Å². The van der Waals surface area contributed by atoms with E-state index in [0.29, 0.717) is 37.2 Å². The minimum Gasteiger partial charge on any atom is -0.474 e. The minimum atomic E-state index is -1.05. The predicted molar refractivity (Wildman–Crippen MR) is 122 cm³/mol. The maximum Gasteiger partial charge on any atom is 0.413 e. The Morgan fingerprint density at radius 2 is 2.09 bits per heavy atom. The largest absolute Gasteiger partial charge is 0.474 e. The Labute approximate surface area is 185 Å². The van der Waals surface area contributed by atoms with Crippen LogP contribution in [0.4, 0.5) is 22.0 Å². The highest BCUT2D eigenvalue weighted by molar-refractivity contribution is 5.99. The van der Waals surface area contributed by atoms with Crippen LogP contribution < -0.4 is 20.7 Å². The van der Waals surface area contributed by atoms with Crippen molar-refractivity contribution in [2.45, 2.75) is 19.9 Å².